The average molecular weight is 409 g/mol. The normalized spacial score (nSPS) is 11.1. The number of hydrogen-bond donors (Lipinski definition) is 0. The first-order chi connectivity index (χ1) is 14.2. The van der Waals surface area contributed by atoms with Crippen molar-refractivity contribution in [1.82, 2.24) is 25.2 Å². The van der Waals surface area contributed by atoms with Gasteiger partial charge >= 0.3 is 5.97 Å². The van der Waals surface area contributed by atoms with Gasteiger partial charge in [-0.05, 0) is 48.0 Å². The van der Waals surface area contributed by atoms with Crippen LogP contribution in [0.4, 0.5) is 0 Å². The van der Waals surface area contributed by atoms with Crippen molar-refractivity contribution in [2.75, 3.05) is 6.61 Å². The maximum absolute atomic E-state index is 12.6. The Bertz CT molecular complexity index is 1140. The minimum absolute atomic E-state index is 0.305. The lowest BCUT2D eigenvalue weighted by Gasteiger charge is -2.13. The second-order valence-corrected chi connectivity index (χ2v) is 7.23. The Morgan fingerprint density at radius 1 is 1.24 bits per heavy atom. The van der Waals surface area contributed by atoms with Gasteiger partial charge in [-0.25, -0.2) is 9.48 Å². The smallest absolute Gasteiger partial charge is 0.340 e. The van der Waals surface area contributed by atoms with E-state index in [1.165, 1.54) is 11.8 Å². The number of furan rings is 1. The van der Waals surface area contributed by atoms with E-state index in [1.54, 1.807) is 17.9 Å². The predicted molar refractivity (Wildman–Crippen MR) is 108 cm³/mol. The highest BCUT2D eigenvalue weighted by atomic mass is 32.2. The van der Waals surface area contributed by atoms with Gasteiger partial charge in [-0.1, -0.05) is 30.0 Å². The summed E-state index contributed by atoms with van der Waals surface area (Å²) in [5, 5.41) is 13.4. The van der Waals surface area contributed by atoms with Crippen LogP contribution in [0.25, 0.3) is 10.9 Å². The van der Waals surface area contributed by atoms with E-state index in [1.807, 2.05) is 43.3 Å². The number of hydrogen-bond acceptors (Lipinski definition) is 8. The standard InChI is InChI=1S/C20H19N5O3S/c1-3-27-19(26)18-13(2)15-8-4-5-9-16(15)21-17(18)12-29-20-22-23-24-25(20)11-14-7-6-10-28-14/h4-10H,3,11-12H2,1-2H3. The van der Waals surface area contributed by atoms with Crippen LogP contribution in [0.2, 0.25) is 0 Å². The lowest BCUT2D eigenvalue weighted by Crippen LogP contribution is -2.12. The number of aromatic nitrogens is 5. The Hall–Kier alpha value is -3.20. The summed E-state index contributed by atoms with van der Waals surface area (Å²) in [6.07, 6.45) is 1.61. The molecule has 0 atom stereocenters. The maximum atomic E-state index is 12.6. The third-order valence-corrected chi connectivity index (χ3v) is 5.40. The summed E-state index contributed by atoms with van der Waals surface area (Å²) in [6.45, 7) is 4.45. The highest BCUT2D eigenvalue weighted by Gasteiger charge is 2.21. The molecule has 0 saturated heterocycles. The number of para-hydroxylation sites is 1. The Morgan fingerprint density at radius 3 is 2.90 bits per heavy atom. The lowest BCUT2D eigenvalue weighted by molar-refractivity contribution is 0.0524. The quantitative estimate of drug-likeness (QED) is 0.337. The molecule has 0 bridgehead atoms. The number of carbonyl (C=O) groups excluding carboxylic acids is 1. The molecule has 4 rings (SSSR count). The average Bonchev–Trinajstić information content (AvgIpc) is 3.39. The van der Waals surface area contributed by atoms with Crippen molar-refractivity contribution in [3.8, 4) is 0 Å². The van der Waals surface area contributed by atoms with E-state index in [2.05, 4.69) is 15.5 Å². The predicted octanol–water partition coefficient (Wildman–Crippen LogP) is 3.64. The molecule has 0 fully saturated rings. The minimum Gasteiger partial charge on any atom is -0.467 e. The number of carbonyl (C=O) groups is 1. The van der Waals surface area contributed by atoms with Gasteiger partial charge in [-0.15, -0.1) is 5.10 Å². The van der Waals surface area contributed by atoms with Gasteiger partial charge in [0.25, 0.3) is 0 Å². The highest BCUT2D eigenvalue weighted by Crippen LogP contribution is 2.28. The number of tetrazole rings is 1. The van der Waals surface area contributed by atoms with Crippen molar-refractivity contribution in [2.24, 2.45) is 0 Å². The van der Waals surface area contributed by atoms with Crippen LogP contribution in [0.3, 0.4) is 0 Å². The lowest BCUT2D eigenvalue weighted by atomic mass is 10.0. The van der Waals surface area contributed by atoms with Crippen molar-refractivity contribution in [1.29, 1.82) is 0 Å². The van der Waals surface area contributed by atoms with Crippen LogP contribution in [0.5, 0.6) is 0 Å². The molecule has 0 aliphatic rings. The van der Waals surface area contributed by atoms with E-state index in [4.69, 9.17) is 14.1 Å². The van der Waals surface area contributed by atoms with Crippen LogP contribution in [-0.4, -0.2) is 37.8 Å². The van der Waals surface area contributed by atoms with Crippen LogP contribution in [0.15, 0.2) is 52.2 Å². The molecule has 0 aliphatic heterocycles. The summed E-state index contributed by atoms with van der Waals surface area (Å²) in [5.74, 6) is 0.818. The number of esters is 1. The maximum Gasteiger partial charge on any atom is 0.340 e. The molecule has 8 nitrogen and oxygen atoms in total. The zero-order valence-electron chi connectivity index (χ0n) is 16.0. The van der Waals surface area contributed by atoms with Gasteiger partial charge in [0.2, 0.25) is 5.16 Å². The van der Waals surface area contributed by atoms with E-state index in [0.717, 1.165) is 22.2 Å². The van der Waals surface area contributed by atoms with E-state index in [0.29, 0.717) is 35.3 Å². The van der Waals surface area contributed by atoms with Crippen LogP contribution in [0.1, 0.15) is 34.3 Å². The first-order valence-electron chi connectivity index (χ1n) is 9.14. The molecule has 0 aliphatic carbocycles. The number of ether oxygens (including phenoxy) is 1. The monoisotopic (exact) mass is 409 g/mol. The fourth-order valence-electron chi connectivity index (χ4n) is 3.10. The molecule has 4 aromatic rings. The molecular weight excluding hydrogens is 390 g/mol. The molecular formula is C20H19N5O3S. The van der Waals surface area contributed by atoms with E-state index >= 15 is 0 Å². The van der Waals surface area contributed by atoms with Crippen LogP contribution >= 0.6 is 11.8 Å². The largest absolute Gasteiger partial charge is 0.467 e. The summed E-state index contributed by atoms with van der Waals surface area (Å²) < 4.78 is 12.3. The molecule has 0 radical (unpaired) electrons. The van der Waals surface area contributed by atoms with Crippen molar-refractivity contribution in [2.45, 2.75) is 31.3 Å². The third-order valence-electron chi connectivity index (χ3n) is 4.43. The summed E-state index contributed by atoms with van der Waals surface area (Å²) >= 11 is 1.41. The first kappa shape index (κ1) is 19.1. The Kier molecular flexibility index (Phi) is 5.57. The van der Waals surface area contributed by atoms with Gasteiger partial charge in [-0.2, -0.15) is 0 Å². The molecule has 0 N–H and O–H groups in total. The Balaban J connectivity index is 1.65. The van der Waals surface area contributed by atoms with Gasteiger partial charge in [0.1, 0.15) is 12.3 Å². The zero-order valence-corrected chi connectivity index (χ0v) is 16.8. The molecule has 3 aromatic heterocycles. The number of rotatable bonds is 7. The second kappa shape index (κ2) is 8.44. The van der Waals surface area contributed by atoms with Crippen molar-refractivity contribution < 1.29 is 13.9 Å². The van der Waals surface area contributed by atoms with Gasteiger partial charge < -0.3 is 9.15 Å². The molecule has 1 aromatic carbocycles. The summed E-state index contributed by atoms with van der Waals surface area (Å²) in [6, 6.07) is 11.4. The van der Waals surface area contributed by atoms with Gasteiger partial charge in [0.05, 0.1) is 29.6 Å². The molecule has 9 heteroatoms. The van der Waals surface area contributed by atoms with Gasteiger partial charge in [0.15, 0.2) is 0 Å². The molecule has 148 valence electrons. The number of pyridine rings is 1. The number of aryl methyl sites for hydroxylation is 1. The number of benzene rings is 1. The fraction of sp³-hybridized carbons (Fsp3) is 0.250. The number of fused-ring (bicyclic) bond motifs is 1. The molecule has 0 saturated carbocycles. The number of nitrogens with zero attached hydrogens (tertiary/aromatic N) is 5. The molecule has 3 heterocycles. The van der Waals surface area contributed by atoms with Gasteiger partial charge in [0, 0.05) is 11.1 Å². The van der Waals surface area contributed by atoms with Crippen LogP contribution in [-0.2, 0) is 17.0 Å². The summed E-state index contributed by atoms with van der Waals surface area (Å²) in [4.78, 5) is 17.4. The molecule has 0 amide bonds. The second-order valence-electron chi connectivity index (χ2n) is 6.28. The topological polar surface area (TPSA) is 95.9 Å². The summed E-state index contributed by atoms with van der Waals surface area (Å²) in [5.41, 5.74) is 2.85. The minimum atomic E-state index is -0.367. The van der Waals surface area contributed by atoms with Crippen molar-refractivity contribution >= 4 is 28.6 Å². The summed E-state index contributed by atoms with van der Waals surface area (Å²) in [7, 11) is 0. The van der Waals surface area contributed by atoms with Crippen LogP contribution < -0.4 is 0 Å². The Morgan fingerprint density at radius 2 is 2.10 bits per heavy atom. The number of thioether (sulfide) groups is 1. The zero-order chi connectivity index (χ0) is 20.2. The SMILES string of the molecule is CCOC(=O)c1c(CSc2nnnn2Cc2ccco2)nc2ccccc2c1C. The van der Waals surface area contributed by atoms with E-state index in [-0.39, 0.29) is 5.97 Å². The molecule has 0 spiro atoms. The van der Waals surface area contributed by atoms with E-state index in [9.17, 15) is 4.79 Å². The third kappa shape index (κ3) is 4.00. The van der Waals surface area contributed by atoms with Crippen molar-refractivity contribution in [3.63, 3.8) is 0 Å². The van der Waals surface area contributed by atoms with Crippen LogP contribution in [0, 0.1) is 6.92 Å². The van der Waals surface area contributed by atoms with E-state index < -0.39 is 0 Å². The van der Waals surface area contributed by atoms with Gasteiger partial charge in [-0.3, -0.25) is 4.98 Å². The molecule has 29 heavy (non-hydrogen) atoms. The van der Waals surface area contributed by atoms with Crippen molar-refractivity contribution in [3.05, 3.63) is 65.2 Å². The highest BCUT2D eigenvalue weighted by molar-refractivity contribution is 7.98. The fourth-order valence-corrected chi connectivity index (χ4v) is 3.92. The Labute approximate surface area is 171 Å². The first-order valence-corrected chi connectivity index (χ1v) is 10.1. The molecule has 0 unspecified atom stereocenters.